The summed E-state index contributed by atoms with van der Waals surface area (Å²) in [6.45, 7) is 14.0. The molecule has 0 bridgehead atoms. The van der Waals surface area contributed by atoms with Crippen molar-refractivity contribution in [3.8, 4) is 5.75 Å². The number of aldehydes is 1. The second kappa shape index (κ2) is 12.3. The zero-order valence-electron chi connectivity index (χ0n) is 25.0. The Morgan fingerprint density at radius 3 is 2.15 bits per heavy atom. The van der Waals surface area contributed by atoms with Crippen LogP contribution >= 0.6 is 0 Å². The van der Waals surface area contributed by atoms with E-state index < -0.39 is 17.2 Å². The van der Waals surface area contributed by atoms with Crippen molar-refractivity contribution in [2.24, 2.45) is 0 Å². The number of benzene rings is 3. The molecule has 1 aliphatic heterocycles. The molecule has 9 heteroatoms. The lowest BCUT2D eigenvalue weighted by Gasteiger charge is -2.50. The molecule has 1 heterocycles. The summed E-state index contributed by atoms with van der Waals surface area (Å²) in [5.41, 5.74) is 8.14. The highest BCUT2D eigenvalue weighted by Crippen LogP contribution is 2.50. The van der Waals surface area contributed by atoms with Gasteiger partial charge in [-0.3, -0.25) is 4.79 Å². The number of carbonyl (C=O) groups excluding carboxylic acids is 1. The third-order valence-electron chi connectivity index (χ3n) is 6.60. The molecule has 3 aromatic rings. The largest absolute Gasteiger partial charge is 0.488 e. The third kappa shape index (κ3) is 7.03. The van der Waals surface area contributed by atoms with Gasteiger partial charge in [0.15, 0.2) is 17.4 Å². The predicted molar refractivity (Wildman–Crippen MR) is 163 cm³/mol. The number of rotatable bonds is 6. The minimum atomic E-state index is -0.651. The van der Waals surface area contributed by atoms with Crippen LogP contribution in [0.15, 0.2) is 48.5 Å². The van der Waals surface area contributed by atoms with Gasteiger partial charge in [0, 0.05) is 48.4 Å². The van der Waals surface area contributed by atoms with Crippen molar-refractivity contribution in [3.63, 3.8) is 0 Å². The van der Waals surface area contributed by atoms with Crippen molar-refractivity contribution >= 4 is 40.9 Å². The standard InChI is InChI=1S/C27H28F2N4O2.C5H12O/c1-16(2)35-23-12-20(9-10-21(23)28)33-22-11-18(13-30)25(31)24(29)26(22)32(15-27(33,3)4)19-7-5-17(14-34)6-8-19;1-5(2,3)6-4/h5-14,16,30H,15,31H2,1-4H3;1-4H3. The van der Waals surface area contributed by atoms with Crippen molar-refractivity contribution < 1.29 is 23.0 Å². The highest BCUT2D eigenvalue weighted by Gasteiger charge is 2.41. The topological polar surface area (TPSA) is 91.9 Å². The number of methoxy groups -OCH3 is 1. The van der Waals surface area contributed by atoms with E-state index in [0.29, 0.717) is 29.2 Å². The van der Waals surface area contributed by atoms with Gasteiger partial charge in [-0.05, 0) is 90.9 Å². The van der Waals surface area contributed by atoms with E-state index in [1.54, 1.807) is 49.6 Å². The molecule has 0 amide bonds. The van der Waals surface area contributed by atoms with Crippen LogP contribution in [-0.2, 0) is 4.74 Å². The van der Waals surface area contributed by atoms with E-state index in [1.165, 1.54) is 6.07 Å². The molecule has 0 radical (unpaired) electrons. The number of hydrogen-bond acceptors (Lipinski definition) is 7. The first-order chi connectivity index (χ1) is 19.1. The number of anilines is 5. The molecule has 7 nitrogen and oxygen atoms in total. The number of nitrogens with zero attached hydrogens (tertiary/aromatic N) is 2. The molecule has 220 valence electrons. The monoisotopic (exact) mass is 566 g/mol. The summed E-state index contributed by atoms with van der Waals surface area (Å²) in [7, 11) is 1.71. The summed E-state index contributed by atoms with van der Waals surface area (Å²) < 4.78 is 40.9. The van der Waals surface area contributed by atoms with Gasteiger partial charge in [-0.25, -0.2) is 8.78 Å². The maximum absolute atomic E-state index is 15.8. The molecule has 0 aliphatic carbocycles. The molecule has 1 aliphatic rings. The van der Waals surface area contributed by atoms with Crippen LogP contribution in [-0.4, -0.2) is 43.4 Å². The maximum Gasteiger partial charge on any atom is 0.172 e. The molecule has 0 saturated heterocycles. The van der Waals surface area contributed by atoms with Gasteiger partial charge in [-0.15, -0.1) is 0 Å². The van der Waals surface area contributed by atoms with E-state index >= 15 is 4.39 Å². The van der Waals surface area contributed by atoms with Gasteiger partial charge in [0.1, 0.15) is 12.0 Å². The van der Waals surface area contributed by atoms with E-state index in [-0.39, 0.29) is 34.4 Å². The summed E-state index contributed by atoms with van der Waals surface area (Å²) in [5.74, 6) is -1.04. The molecule has 41 heavy (non-hydrogen) atoms. The number of halogens is 2. The van der Waals surface area contributed by atoms with E-state index in [2.05, 4.69) is 0 Å². The molecular weight excluding hydrogens is 526 g/mol. The van der Waals surface area contributed by atoms with Gasteiger partial charge >= 0.3 is 0 Å². The van der Waals surface area contributed by atoms with Gasteiger partial charge in [-0.1, -0.05) is 0 Å². The summed E-state index contributed by atoms with van der Waals surface area (Å²) in [6.07, 6.45) is 1.53. The highest BCUT2D eigenvalue weighted by molar-refractivity contribution is 5.96. The molecule has 0 saturated carbocycles. The van der Waals surface area contributed by atoms with Gasteiger partial charge in [0.05, 0.1) is 28.6 Å². The van der Waals surface area contributed by atoms with E-state index in [1.807, 2.05) is 58.3 Å². The highest BCUT2D eigenvalue weighted by atomic mass is 19.1. The second-order valence-corrected chi connectivity index (χ2v) is 11.7. The normalized spacial score (nSPS) is 14.2. The van der Waals surface area contributed by atoms with Gasteiger partial charge in [0.2, 0.25) is 0 Å². The van der Waals surface area contributed by atoms with E-state index in [9.17, 15) is 9.18 Å². The van der Waals surface area contributed by atoms with Crippen LogP contribution in [0.2, 0.25) is 0 Å². The Labute approximate surface area is 241 Å². The summed E-state index contributed by atoms with van der Waals surface area (Å²) >= 11 is 0. The predicted octanol–water partition coefficient (Wildman–Crippen LogP) is 7.64. The summed E-state index contributed by atoms with van der Waals surface area (Å²) in [6, 6.07) is 13.1. The number of fused-ring (bicyclic) bond motifs is 1. The fourth-order valence-corrected chi connectivity index (χ4v) is 4.49. The Hall–Kier alpha value is -3.98. The minimum Gasteiger partial charge on any atom is -0.488 e. The number of nitrogen functional groups attached to an aromatic ring is 1. The summed E-state index contributed by atoms with van der Waals surface area (Å²) in [4.78, 5) is 14.9. The Morgan fingerprint density at radius 1 is 1.05 bits per heavy atom. The van der Waals surface area contributed by atoms with E-state index in [0.717, 1.165) is 12.5 Å². The fraction of sp³-hybridized carbons (Fsp3) is 0.375. The Kier molecular flexibility index (Phi) is 9.44. The average Bonchev–Trinajstić information content (AvgIpc) is 2.91. The number of nitrogens with one attached hydrogen (secondary N) is 1. The fourth-order valence-electron chi connectivity index (χ4n) is 4.49. The number of carbonyl (C=O) groups is 1. The Bertz CT molecular complexity index is 1400. The van der Waals surface area contributed by atoms with Gasteiger partial charge < -0.3 is 30.4 Å². The lowest BCUT2D eigenvalue weighted by Crippen LogP contribution is -2.53. The van der Waals surface area contributed by atoms with Crippen LogP contribution in [0.1, 0.15) is 64.4 Å². The summed E-state index contributed by atoms with van der Waals surface area (Å²) in [5, 5.41) is 7.76. The molecule has 0 atom stereocenters. The minimum absolute atomic E-state index is 0.0417. The van der Waals surface area contributed by atoms with Crippen LogP contribution in [0.4, 0.5) is 37.2 Å². The van der Waals surface area contributed by atoms with Crippen LogP contribution in [0.3, 0.4) is 0 Å². The average molecular weight is 567 g/mol. The Morgan fingerprint density at radius 2 is 1.63 bits per heavy atom. The molecule has 0 aromatic heterocycles. The van der Waals surface area contributed by atoms with Crippen LogP contribution in [0.25, 0.3) is 0 Å². The molecule has 0 spiro atoms. The first-order valence-electron chi connectivity index (χ1n) is 13.4. The van der Waals surface area contributed by atoms with Gasteiger partial charge in [-0.2, -0.15) is 0 Å². The molecular formula is C32H40F2N4O3. The molecule has 4 rings (SSSR count). The molecule has 0 fully saturated rings. The SMILES string of the molecule is CC(C)Oc1cc(N2c3cc(C=N)c(N)c(F)c3N(c3ccc(C=O)cc3)CC2(C)C)ccc1F.COC(C)(C)C. The third-order valence-corrected chi connectivity index (χ3v) is 6.60. The lowest BCUT2D eigenvalue weighted by molar-refractivity contribution is 0.0397. The number of hydrogen-bond donors (Lipinski definition) is 2. The van der Waals surface area contributed by atoms with Crippen molar-refractivity contribution in [1.82, 2.24) is 0 Å². The van der Waals surface area contributed by atoms with E-state index in [4.69, 9.17) is 20.6 Å². The van der Waals surface area contributed by atoms with Crippen LogP contribution < -0.4 is 20.3 Å². The molecule has 3 aromatic carbocycles. The van der Waals surface area contributed by atoms with Crippen molar-refractivity contribution in [1.29, 1.82) is 5.41 Å². The van der Waals surface area contributed by atoms with Crippen LogP contribution in [0, 0.1) is 17.0 Å². The zero-order chi connectivity index (χ0) is 30.7. The van der Waals surface area contributed by atoms with Crippen molar-refractivity contribution in [3.05, 3.63) is 71.3 Å². The first kappa shape index (κ1) is 31.5. The lowest BCUT2D eigenvalue weighted by atomic mass is 9.92. The second-order valence-electron chi connectivity index (χ2n) is 11.7. The smallest absolute Gasteiger partial charge is 0.172 e. The first-order valence-corrected chi connectivity index (χ1v) is 13.4. The van der Waals surface area contributed by atoms with Crippen molar-refractivity contribution in [2.45, 2.75) is 65.7 Å². The van der Waals surface area contributed by atoms with Crippen molar-refractivity contribution in [2.75, 3.05) is 29.2 Å². The molecule has 3 N–H and O–H groups in total. The maximum atomic E-state index is 15.8. The van der Waals surface area contributed by atoms with Gasteiger partial charge in [0.25, 0.3) is 0 Å². The number of nitrogens with two attached hydrogens (primary N) is 1. The number of ether oxygens (including phenoxy) is 2. The zero-order valence-corrected chi connectivity index (χ0v) is 25.0. The quantitative estimate of drug-likeness (QED) is 0.181. The molecule has 0 unspecified atom stereocenters. The van der Waals surface area contributed by atoms with Crippen LogP contribution in [0.5, 0.6) is 5.75 Å². The Balaban J connectivity index is 0.000000696.